The van der Waals surface area contributed by atoms with Crippen molar-refractivity contribution in [3.63, 3.8) is 0 Å². The number of halogens is 4. The highest BCUT2D eigenvalue weighted by molar-refractivity contribution is 5.92. The molecular weight excluding hydrogens is 302 g/mol. The van der Waals surface area contributed by atoms with Gasteiger partial charge in [-0.3, -0.25) is 4.79 Å². The Labute approximate surface area is 123 Å². The van der Waals surface area contributed by atoms with E-state index in [1.165, 1.54) is 12.1 Å². The van der Waals surface area contributed by atoms with Crippen LogP contribution in [-0.4, -0.2) is 11.0 Å². The first-order valence-electron chi connectivity index (χ1n) is 6.20. The van der Waals surface area contributed by atoms with Crippen LogP contribution in [-0.2, 0) is 17.4 Å². The number of rotatable bonds is 3. The number of benzene rings is 2. The van der Waals surface area contributed by atoms with Gasteiger partial charge in [0.1, 0.15) is 11.6 Å². The van der Waals surface area contributed by atoms with Crippen LogP contribution < -0.4 is 5.32 Å². The number of alkyl halides is 3. The van der Waals surface area contributed by atoms with Crippen LogP contribution in [0.25, 0.3) is 0 Å². The number of nitrogens with one attached hydrogen (secondary N) is 1. The van der Waals surface area contributed by atoms with Crippen LogP contribution >= 0.6 is 0 Å². The van der Waals surface area contributed by atoms with Crippen molar-refractivity contribution in [2.75, 3.05) is 5.32 Å². The van der Waals surface area contributed by atoms with Gasteiger partial charge in [0, 0.05) is 6.07 Å². The summed E-state index contributed by atoms with van der Waals surface area (Å²) < 4.78 is 51.1. The summed E-state index contributed by atoms with van der Waals surface area (Å²) in [5.74, 6) is -1.69. The molecule has 2 aromatic rings. The molecule has 116 valence electrons. The molecule has 0 unspecified atom stereocenters. The molecule has 2 aromatic carbocycles. The van der Waals surface area contributed by atoms with Crippen molar-refractivity contribution in [1.82, 2.24) is 0 Å². The Morgan fingerprint density at radius 3 is 2.55 bits per heavy atom. The minimum Gasteiger partial charge on any atom is -0.508 e. The van der Waals surface area contributed by atoms with Gasteiger partial charge in [-0.15, -0.1) is 0 Å². The summed E-state index contributed by atoms with van der Waals surface area (Å²) in [4.78, 5) is 11.8. The fourth-order valence-corrected chi connectivity index (χ4v) is 1.85. The Balaban J connectivity index is 2.11. The molecule has 0 aliphatic heterocycles. The molecule has 1 amide bonds. The maximum absolute atomic E-state index is 13.4. The number of aromatic hydroxyl groups is 1. The van der Waals surface area contributed by atoms with Crippen LogP contribution in [0.5, 0.6) is 5.75 Å². The van der Waals surface area contributed by atoms with Crippen molar-refractivity contribution in [3.8, 4) is 5.75 Å². The molecule has 0 heterocycles. The second-order valence-electron chi connectivity index (χ2n) is 4.59. The zero-order chi connectivity index (χ0) is 16.3. The fourth-order valence-electron chi connectivity index (χ4n) is 1.85. The summed E-state index contributed by atoms with van der Waals surface area (Å²) in [5, 5.41) is 11.4. The number of phenolic OH excluding ortho intramolecular Hbond substituents is 1. The van der Waals surface area contributed by atoms with Crippen LogP contribution in [0.2, 0.25) is 0 Å². The standard InChI is InChI=1S/C15H11F4NO2/c16-12-5-4-11(21)8-13(12)20-14(22)7-9-2-1-3-10(6-9)15(17,18)19/h1-6,8,21H,7H2,(H,20,22). The third kappa shape index (κ3) is 3.97. The molecule has 0 saturated heterocycles. The molecule has 0 fully saturated rings. The zero-order valence-corrected chi connectivity index (χ0v) is 11.1. The van der Waals surface area contributed by atoms with E-state index >= 15 is 0 Å². The second-order valence-corrected chi connectivity index (χ2v) is 4.59. The van der Waals surface area contributed by atoms with E-state index in [-0.39, 0.29) is 23.4 Å². The summed E-state index contributed by atoms with van der Waals surface area (Å²) in [7, 11) is 0. The van der Waals surface area contributed by atoms with Crippen LogP contribution in [0.1, 0.15) is 11.1 Å². The van der Waals surface area contributed by atoms with Crippen LogP contribution in [0.4, 0.5) is 23.2 Å². The lowest BCUT2D eigenvalue weighted by atomic mass is 10.1. The van der Waals surface area contributed by atoms with E-state index in [2.05, 4.69) is 5.32 Å². The number of carbonyl (C=O) groups excluding carboxylic acids is 1. The predicted octanol–water partition coefficient (Wildman–Crippen LogP) is 3.73. The van der Waals surface area contributed by atoms with E-state index in [4.69, 9.17) is 0 Å². The minimum absolute atomic E-state index is 0.146. The number of amides is 1. The summed E-state index contributed by atoms with van der Waals surface area (Å²) >= 11 is 0. The Morgan fingerprint density at radius 1 is 1.14 bits per heavy atom. The normalized spacial score (nSPS) is 11.3. The molecule has 0 atom stereocenters. The fraction of sp³-hybridized carbons (Fsp3) is 0.133. The molecule has 2 rings (SSSR count). The molecule has 0 bridgehead atoms. The molecule has 0 aliphatic rings. The lowest BCUT2D eigenvalue weighted by Gasteiger charge is -2.10. The molecule has 0 spiro atoms. The number of carbonyl (C=O) groups is 1. The quantitative estimate of drug-likeness (QED) is 0.848. The van der Waals surface area contributed by atoms with Gasteiger partial charge in [0.05, 0.1) is 17.7 Å². The molecule has 0 aromatic heterocycles. The Bertz CT molecular complexity index is 698. The van der Waals surface area contributed by atoms with Crippen LogP contribution in [0.3, 0.4) is 0 Å². The van der Waals surface area contributed by atoms with Gasteiger partial charge < -0.3 is 10.4 Å². The van der Waals surface area contributed by atoms with Gasteiger partial charge in [-0.25, -0.2) is 4.39 Å². The van der Waals surface area contributed by atoms with E-state index < -0.39 is 23.5 Å². The minimum atomic E-state index is -4.50. The smallest absolute Gasteiger partial charge is 0.416 e. The average Bonchev–Trinajstić information content (AvgIpc) is 2.42. The Hall–Kier alpha value is -2.57. The van der Waals surface area contributed by atoms with Gasteiger partial charge in [0.15, 0.2) is 0 Å². The lowest BCUT2D eigenvalue weighted by molar-refractivity contribution is -0.137. The maximum atomic E-state index is 13.4. The van der Waals surface area contributed by atoms with Gasteiger partial charge in [0.25, 0.3) is 0 Å². The number of hydrogen-bond donors (Lipinski definition) is 2. The summed E-state index contributed by atoms with van der Waals surface area (Å²) in [6, 6.07) is 7.41. The van der Waals surface area contributed by atoms with E-state index in [0.29, 0.717) is 0 Å². The molecule has 7 heteroatoms. The lowest BCUT2D eigenvalue weighted by Crippen LogP contribution is -2.16. The topological polar surface area (TPSA) is 49.3 Å². The molecule has 2 N–H and O–H groups in total. The van der Waals surface area contributed by atoms with Gasteiger partial charge in [-0.1, -0.05) is 18.2 Å². The number of hydrogen-bond acceptors (Lipinski definition) is 2. The van der Waals surface area contributed by atoms with Crippen molar-refractivity contribution in [3.05, 3.63) is 59.4 Å². The predicted molar refractivity (Wildman–Crippen MR) is 71.8 cm³/mol. The van der Waals surface area contributed by atoms with Crippen molar-refractivity contribution < 1.29 is 27.5 Å². The highest BCUT2D eigenvalue weighted by atomic mass is 19.4. The molecule has 0 radical (unpaired) electrons. The van der Waals surface area contributed by atoms with Gasteiger partial charge in [-0.05, 0) is 23.8 Å². The SMILES string of the molecule is O=C(Cc1cccc(C(F)(F)F)c1)Nc1cc(O)ccc1F. The molecular formula is C15H11F4NO2. The molecule has 3 nitrogen and oxygen atoms in total. The van der Waals surface area contributed by atoms with E-state index in [0.717, 1.165) is 30.3 Å². The third-order valence-electron chi connectivity index (χ3n) is 2.84. The van der Waals surface area contributed by atoms with E-state index in [1.807, 2.05) is 0 Å². The van der Waals surface area contributed by atoms with Gasteiger partial charge in [0.2, 0.25) is 5.91 Å². The summed E-state index contributed by atoms with van der Waals surface area (Å²) in [6.45, 7) is 0. The maximum Gasteiger partial charge on any atom is 0.416 e. The van der Waals surface area contributed by atoms with Gasteiger partial charge in [-0.2, -0.15) is 13.2 Å². The third-order valence-corrected chi connectivity index (χ3v) is 2.84. The Morgan fingerprint density at radius 2 is 1.86 bits per heavy atom. The van der Waals surface area contributed by atoms with Crippen molar-refractivity contribution >= 4 is 11.6 Å². The zero-order valence-electron chi connectivity index (χ0n) is 11.1. The van der Waals surface area contributed by atoms with Crippen molar-refractivity contribution in [1.29, 1.82) is 0 Å². The first-order valence-corrected chi connectivity index (χ1v) is 6.20. The van der Waals surface area contributed by atoms with E-state index in [9.17, 15) is 27.5 Å². The number of anilines is 1. The summed E-state index contributed by atoms with van der Waals surface area (Å²) in [6.07, 6.45) is -4.84. The first-order chi connectivity index (χ1) is 10.3. The molecule has 0 saturated carbocycles. The molecule has 0 aliphatic carbocycles. The first kappa shape index (κ1) is 15.8. The highest BCUT2D eigenvalue weighted by Crippen LogP contribution is 2.29. The second kappa shape index (κ2) is 6.05. The van der Waals surface area contributed by atoms with Gasteiger partial charge >= 0.3 is 6.18 Å². The van der Waals surface area contributed by atoms with E-state index in [1.54, 1.807) is 0 Å². The Kier molecular flexibility index (Phi) is 4.35. The van der Waals surface area contributed by atoms with Crippen LogP contribution in [0.15, 0.2) is 42.5 Å². The molecule has 22 heavy (non-hydrogen) atoms. The average molecular weight is 313 g/mol. The number of phenols is 1. The van der Waals surface area contributed by atoms with Crippen molar-refractivity contribution in [2.24, 2.45) is 0 Å². The largest absolute Gasteiger partial charge is 0.508 e. The van der Waals surface area contributed by atoms with Crippen LogP contribution in [0, 0.1) is 5.82 Å². The highest BCUT2D eigenvalue weighted by Gasteiger charge is 2.30. The van der Waals surface area contributed by atoms with Crippen molar-refractivity contribution in [2.45, 2.75) is 12.6 Å². The summed E-state index contributed by atoms with van der Waals surface area (Å²) in [5.41, 5.74) is -0.953. The monoisotopic (exact) mass is 313 g/mol.